The summed E-state index contributed by atoms with van der Waals surface area (Å²) in [5.74, 6) is 2.18. The van der Waals surface area contributed by atoms with Crippen LogP contribution >= 0.6 is 0 Å². The highest BCUT2D eigenvalue weighted by Gasteiger charge is 2.23. The van der Waals surface area contributed by atoms with Crippen LogP contribution in [0.2, 0.25) is 0 Å². The molecule has 0 aliphatic carbocycles. The summed E-state index contributed by atoms with van der Waals surface area (Å²) in [6.07, 6.45) is 4.81. The van der Waals surface area contributed by atoms with Crippen LogP contribution in [0.5, 0.6) is 0 Å². The molecule has 0 bridgehead atoms. The SMILES string of the molecule is c1ccc(-n2nnnc2Cn2ccnc2[C@@H]2CCOC2)cc1. The van der Waals surface area contributed by atoms with Gasteiger partial charge in [-0.1, -0.05) is 18.2 Å². The third-order valence-electron chi connectivity index (χ3n) is 3.89. The summed E-state index contributed by atoms with van der Waals surface area (Å²) in [5.41, 5.74) is 0.952. The van der Waals surface area contributed by atoms with Gasteiger partial charge >= 0.3 is 0 Å². The minimum Gasteiger partial charge on any atom is -0.381 e. The fourth-order valence-corrected chi connectivity index (χ4v) is 2.78. The van der Waals surface area contributed by atoms with Crippen molar-refractivity contribution in [3.8, 4) is 5.69 Å². The fraction of sp³-hybridized carbons (Fsp3) is 0.333. The summed E-state index contributed by atoms with van der Waals surface area (Å²) in [6.45, 7) is 2.13. The van der Waals surface area contributed by atoms with Gasteiger partial charge in [0, 0.05) is 24.9 Å². The van der Waals surface area contributed by atoms with Crippen LogP contribution in [0.15, 0.2) is 42.7 Å². The molecule has 1 saturated heterocycles. The molecular weight excluding hydrogens is 280 g/mol. The van der Waals surface area contributed by atoms with E-state index in [1.165, 1.54) is 0 Å². The van der Waals surface area contributed by atoms with Gasteiger partial charge in [-0.05, 0) is 29.0 Å². The zero-order valence-electron chi connectivity index (χ0n) is 12.0. The van der Waals surface area contributed by atoms with E-state index in [1.54, 1.807) is 4.68 Å². The first-order valence-electron chi connectivity index (χ1n) is 7.33. The first-order chi connectivity index (χ1) is 10.9. The van der Waals surface area contributed by atoms with Crippen molar-refractivity contribution in [2.24, 2.45) is 0 Å². The van der Waals surface area contributed by atoms with Crippen molar-refractivity contribution in [3.63, 3.8) is 0 Å². The predicted molar refractivity (Wildman–Crippen MR) is 78.7 cm³/mol. The largest absolute Gasteiger partial charge is 0.381 e. The molecule has 1 aliphatic rings. The molecule has 4 rings (SSSR count). The molecule has 2 aromatic heterocycles. The second kappa shape index (κ2) is 5.69. The maximum Gasteiger partial charge on any atom is 0.176 e. The highest BCUT2D eigenvalue weighted by Crippen LogP contribution is 2.24. The van der Waals surface area contributed by atoms with E-state index >= 15 is 0 Å². The van der Waals surface area contributed by atoms with Gasteiger partial charge in [-0.25, -0.2) is 4.98 Å². The number of nitrogens with zero attached hydrogens (tertiary/aromatic N) is 6. The number of rotatable bonds is 4. The van der Waals surface area contributed by atoms with Gasteiger partial charge in [0.1, 0.15) is 5.82 Å². The van der Waals surface area contributed by atoms with Gasteiger partial charge in [0.15, 0.2) is 5.82 Å². The Morgan fingerprint density at radius 1 is 1.23 bits per heavy atom. The summed E-state index contributed by atoms with van der Waals surface area (Å²) in [6, 6.07) is 9.89. The van der Waals surface area contributed by atoms with E-state index in [0.717, 1.165) is 37.0 Å². The molecule has 0 spiro atoms. The van der Waals surface area contributed by atoms with Crippen molar-refractivity contribution in [1.29, 1.82) is 0 Å². The molecule has 3 aromatic rings. The molecule has 0 radical (unpaired) electrons. The Hall–Kier alpha value is -2.54. The van der Waals surface area contributed by atoms with Crippen molar-refractivity contribution < 1.29 is 4.74 Å². The Morgan fingerprint density at radius 3 is 2.95 bits per heavy atom. The molecule has 22 heavy (non-hydrogen) atoms. The van der Waals surface area contributed by atoms with E-state index in [9.17, 15) is 0 Å². The van der Waals surface area contributed by atoms with Gasteiger partial charge < -0.3 is 9.30 Å². The molecule has 0 N–H and O–H groups in total. The van der Waals surface area contributed by atoms with Gasteiger partial charge in [0.25, 0.3) is 0 Å². The minimum atomic E-state index is 0.357. The lowest BCUT2D eigenvalue weighted by molar-refractivity contribution is 0.192. The lowest BCUT2D eigenvalue weighted by Crippen LogP contribution is -2.13. The summed E-state index contributed by atoms with van der Waals surface area (Å²) >= 11 is 0. The van der Waals surface area contributed by atoms with Crippen molar-refractivity contribution in [2.75, 3.05) is 13.2 Å². The molecule has 1 atom stereocenters. The zero-order chi connectivity index (χ0) is 14.8. The number of ether oxygens (including phenoxy) is 1. The topological polar surface area (TPSA) is 70.7 Å². The predicted octanol–water partition coefficient (Wildman–Crippen LogP) is 1.41. The zero-order valence-corrected chi connectivity index (χ0v) is 12.0. The van der Waals surface area contributed by atoms with Crippen LogP contribution in [0.1, 0.15) is 24.0 Å². The Balaban J connectivity index is 1.63. The molecule has 0 unspecified atom stereocenters. The molecule has 0 saturated carbocycles. The van der Waals surface area contributed by atoms with Gasteiger partial charge in [-0.3, -0.25) is 0 Å². The molecule has 112 valence electrons. The second-order valence-corrected chi connectivity index (χ2v) is 5.32. The normalized spacial score (nSPS) is 17.9. The number of tetrazole rings is 1. The summed E-state index contributed by atoms with van der Waals surface area (Å²) in [5, 5.41) is 12.1. The average molecular weight is 296 g/mol. The maximum absolute atomic E-state index is 5.47. The highest BCUT2D eigenvalue weighted by atomic mass is 16.5. The number of aromatic nitrogens is 6. The fourth-order valence-electron chi connectivity index (χ4n) is 2.78. The Morgan fingerprint density at radius 2 is 2.14 bits per heavy atom. The van der Waals surface area contributed by atoms with Crippen molar-refractivity contribution in [3.05, 3.63) is 54.4 Å². The first-order valence-corrected chi connectivity index (χ1v) is 7.33. The van der Waals surface area contributed by atoms with Gasteiger partial charge in [-0.2, -0.15) is 4.68 Å². The third-order valence-corrected chi connectivity index (χ3v) is 3.89. The number of para-hydroxylation sites is 1. The van der Waals surface area contributed by atoms with Gasteiger partial charge in [0.05, 0.1) is 18.8 Å². The smallest absolute Gasteiger partial charge is 0.176 e. The van der Waals surface area contributed by atoms with Crippen LogP contribution < -0.4 is 0 Å². The Bertz CT molecular complexity index is 744. The number of hydrogen-bond donors (Lipinski definition) is 0. The molecule has 7 heteroatoms. The average Bonchev–Trinajstić information content (AvgIpc) is 3.30. The van der Waals surface area contributed by atoms with Crippen LogP contribution in [0, 0.1) is 0 Å². The Labute approximate surface area is 127 Å². The minimum absolute atomic E-state index is 0.357. The monoisotopic (exact) mass is 296 g/mol. The van der Waals surface area contributed by atoms with Crippen LogP contribution in [0.25, 0.3) is 5.69 Å². The lowest BCUT2D eigenvalue weighted by Gasteiger charge is -2.11. The van der Waals surface area contributed by atoms with E-state index < -0.39 is 0 Å². The summed E-state index contributed by atoms with van der Waals surface area (Å²) < 4.78 is 9.33. The van der Waals surface area contributed by atoms with Crippen molar-refractivity contribution >= 4 is 0 Å². The van der Waals surface area contributed by atoms with E-state index in [-0.39, 0.29) is 0 Å². The number of imidazole rings is 1. The highest BCUT2D eigenvalue weighted by molar-refractivity contribution is 5.30. The van der Waals surface area contributed by atoms with Crippen LogP contribution in [-0.2, 0) is 11.3 Å². The first kappa shape index (κ1) is 13.1. The van der Waals surface area contributed by atoms with E-state index in [4.69, 9.17) is 4.74 Å². The number of hydrogen-bond acceptors (Lipinski definition) is 5. The van der Waals surface area contributed by atoms with E-state index in [1.807, 2.05) is 42.7 Å². The summed E-state index contributed by atoms with van der Waals surface area (Å²) in [4.78, 5) is 4.49. The van der Waals surface area contributed by atoms with Crippen LogP contribution in [0.4, 0.5) is 0 Å². The molecule has 1 aliphatic heterocycles. The molecular formula is C15H16N6O. The molecule has 3 heterocycles. The number of benzene rings is 1. The lowest BCUT2D eigenvalue weighted by atomic mass is 10.1. The Kier molecular flexibility index (Phi) is 3.40. The van der Waals surface area contributed by atoms with E-state index in [0.29, 0.717) is 12.5 Å². The third kappa shape index (κ3) is 2.39. The molecule has 7 nitrogen and oxygen atoms in total. The van der Waals surface area contributed by atoms with Gasteiger partial charge in [-0.15, -0.1) is 5.10 Å². The second-order valence-electron chi connectivity index (χ2n) is 5.32. The van der Waals surface area contributed by atoms with Crippen LogP contribution in [0.3, 0.4) is 0 Å². The van der Waals surface area contributed by atoms with Gasteiger partial charge in [0.2, 0.25) is 0 Å². The van der Waals surface area contributed by atoms with Crippen molar-refractivity contribution in [1.82, 2.24) is 29.8 Å². The molecule has 1 fully saturated rings. The van der Waals surface area contributed by atoms with Crippen molar-refractivity contribution in [2.45, 2.75) is 18.9 Å². The molecule has 1 aromatic carbocycles. The van der Waals surface area contributed by atoms with Crippen LogP contribution in [-0.4, -0.2) is 43.0 Å². The summed E-state index contributed by atoms with van der Waals surface area (Å²) in [7, 11) is 0. The maximum atomic E-state index is 5.47. The molecule has 0 amide bonds. The standard InChI is InChI=1S/C15H16N6O/c1-2-4-13(5-3-1)21-14(17-18-19-21)10-20-8-7-16-15(20)12-6-9-22-11-12/h1-5,7-8,12H,6,9-11H2/t12-/m1/s1. The van der Waals surface area contributed by atoms with E-state index in [2.05, 4.69) is 25.1 Å². The quantitative estimate of drug-likeness (QED) is 0.728.